The first-order valence-corrected chi connectivity index (χ1v) is 7.55. The summed E-state index contributed by atoms with van der Waals surface area (Å²) in [4.78, 5) is 8.32. The van der Waals surface area contributed by atoms with Crippen LogP contribution in [0.25, 0.3) is 0 Å². The van der Waals surface area contributed by atoms with Gasteiger partial charge in [0.1, 0.15) is 5.75 Å². The summed E-state index contributed by atoms with van der Waals surface area (Å²) in [7, 11) is 1.35. The van der Waals surface area contributed by atoms with Crippen molar-refractivity contribution in [3.8, 4) is 5.75 Å². The molecule has 0 saturated heterocycles. The molecule has 0 bridgehead atoms. The first-order chi connectivity index (χ1) is 11.7. The lowest BCUT2D eigenvalue weighted by molar-refractivity contribution is -0.495. The Labute approximate surface area is 146 Å². The van der Waals surface area contributed by atoms with Gasteiger partial charge >= 0.3 is 0 Å². The number of alkyl halides is 1. The number of hydrogen-bond donors (Lipinski definition) is 0. The number of nitrogens with zero attached hydrogens (tertiary/aromatic N) is 1. The largest absolute Gasteiger partial charge is 0.497 e. The Kier molecular flexibility index (Phi) is 5.61. The van der Waals surface area contributed by atoms with Gasteiger partial charge in [0, 0.05) is 10.5 Å². The predicted molar refractivity (Wildman–Crippen MR) is 80.8 cm³/mol. The zero-order valence-electron chi connectivity index (χ0n) is 12.4. The fourth-order valence-electron chi connectivity index (χ4n) is 2.29. The molecular formula is C15H9BrF5NO3. The highest BCUT2D eigenvalue weighted by Crippen LogP contribution is 2.38. The molecule has 0 radical (unpaired) electrons. The van der Waals surface area contributed by atoms with Gasteiger partial charge < -0.3 is 4.74 Å². The summed E-state index contributed by atoms with van der Waals surface area (Å²) < 4.78 is 73.4. The number of ether oxygens (including phenoxy) is 1. The Morgan fingerprint density at radius 1 is 0.960 bits per heavy atom. The lowest BCUT2D eigenvalue weighted by atomic mass is 9.90. The molecule has 2 atom stereocenters. The van der Waals surface area contributed by atoms with Crippen LogP contribution in [0.1, 0.15) is 17.0 Å². The van der Waals surface area contributed by atoms with Gasteiger partial charge in [0.05, 0.1) is 13.0 Å². The summed E-state index contributed by atoms with van der Waals surface area (Å²) in [6.07, 6.45) is 0. The van der Waals surface area contributed by atoms with E-state index in [0.717, 1.165) is 0 Å². The molecule has 0 amide bonds. The highest BCUT2D eigenvalue weighted by Gasteiger charge is 2.39. The summed E-state index contributed by atoms with van der Waals surface area (Å²) in [5.74, 6) is -12.4. The van der Waals surface area contributed by atoms with Crippen molar-refractivity contribution in [1.82, 2.24) is 0 Å². The molecule has 2 aromatic carbocycles. The van der Waals surface area contributed by atoms with Gasteiger partial charge in [-0.1, -0.05) is 12.1 Å². The third kappa shape index (κ3) is 3.44. The van der Waals surface area contributed by atoms with Crippen molar-refractivity contribution in [1.29, 1.82) is 0 Å². The van der Waals surface area contributed by atoms with E-state index >= 15 is 0 Å². The molecule has 0 aliphatic carbocycles. The third-order valence-corrected chi connectivity index (χ3v) is 4.37. The van der Waals surface area contributed by atoms with Gasteiger partial charge in [-0.25, -0.2) is 22.0 Å². The van der Waals surface area contributed by atoms with Crippen LogP contribution >= 0.6 is 15.9 Å². The van der Waals surface area contributed by atoms with Gasteiger partial charge in [-0.3, -0.25) is 10.1 Å². The van der Waals surface area contributed by atoms with Crippen LogP contribution in [0.5, 0.6) is 5.75 Å². The molecule has 0 aliphatic rings. The first-order valence-electron chi connectivity index (χ1n) is 6.63. The van der Waals surface area contributed by atoms with E-state index in [1.54, 1.807) is 0 Å². The van der Waals surface area contributed by atoms with Crippen LogP contribution in [-0.2, 0) is 0 Å². The normalized spacial score (nSPS) is 13.4. The van der Waals surface area contributed by atoms with Crippen LogP contribution in [0.2, 0.25) is 0 Å². The van der Waals surface area contributed by atoms with Crippen molar-refractivity contribution in [2.75, 3.05) is 7.11 Å². The average Bonchev–Trinajstić information content (AvgIpc) is 2.61. The minimum Gasteiger partial charge on any atom is -0.497 e. The Bertz CT molecular complexity index is 787. The Morgan fingerprint density at radius 2 is 1.40 bits per heavy atom. The molecule has 0 saturated carbocycles. The van der Waals surface area contributed by atoms with Gasteiger partial charge in [-0.05, 0) is 33.6 Å². The van der Waals surface area contributed by atoms with Crippen LogP contribution in [0, 0.1) is 39.2 Å². The molecule has 2 rings (SSSR count). The van der Waals surface area contributed by atoms with Crippen LogP contribution in [-0.4, -0.2) is 17.0 Å². The third-order valence-electron chi connectivity index (χ3n) is 3.51. The molecule has 0 fully saturated rings. The fourth-order valence-corrected chi connectivity index (χ4v) is 2.86. The van der Waals surface area contributed by atoms with Crippen LogP contribution in [0.3, 0.4) is 0 Å². The zero-order valence-corrected chi connectivity index (χ0v) is 14.0. The Hall–Kier alpha value is -2.23. The predicted octanol–water partition coefficient (Wildman–Crippen LogP) is 4.52. The van der Waals surface area contributed by atoms with Crippen molar-refractivity contribution >= 4 is 15.9 Å². The minimum atomic E-state index is -2.33. The second-order valence-electron chi connectivity index (χ2n) is 4.89. The van der Waals surface area contributed by atoms with E-state index in [2.05, 4.69) is 15.9 Å². The lowest BCUT2D eigenvalue weighted by Crippen LogP contribution is -2.25. The van der Waals surface area contributed by atoms with Gasteiger partial charge in [0.15, 0.2) is 23.3 Å². The summed E-state index contributed by atoms with van der Waals surface area (Å²) in [6.45, 7) is 0. The molecule has 4 nitrogen and oxygen atoms in total. The van der Waals surface area contributed by atoms with Gasteiger partial charge in [0.25, 0.3) is 4.95 Å². The molecular weight excluding hydrogens is 417 g/mol. The van der Waals surface area contributed by atoms with Gasteiger partial charge in [-0.2, -0.15) is 0 Å². The first kappa shape index (κ1) is 19.1. The topological polar surface area (TPSA) is 52.4 Å². The fraction of sp³-hybridized carbons (Fsp3) is 0.200. The number of nitro groups is 1. The molecule has 0 N–H and O–H groups in total. The van der Waals surface area contributed by atoms with E-state index in [4.69, 9.17) is 4.74 Å². The van der Waals surface area contributed by atoms with Crippen molar-refractivity contribution in [2.45, 2.75) is 10.9 Å². The number of halogens is 6. The monoisotopic (exact) mass is 425 g/mol. The van der Waals surface area contributed by atoms with Crippen LogP contribution in [0.15, 0.2) is 24.3 Å². The highest BCUT2D eigenvalue weighted by atomic mass is 79.9. The number of hydrogen-bond acceptors (Lipinski definition) is 3. The molecule has 2 unspecified atom stereocenters. The molecule has 134 valence electrons. The second kappa shape index (κ2) is 7.34. The van der Waals surface area contributed by atoms with Gasteiger partial charge in [-0.15, -0.1) is 0 Å². The van der Waals surface area contributed by atoms with Crippen molar-refractivity contribution in [2.24, 2.45) is 0 Å². The molecule has 0 heterocycles. The van der Waals surface area contributed by atoms with Crippen molar-refractivity contribution in [3.05, 3.63) is 74.6 Å². The van der Waals surface area contributed by atoms with E-state index < -0.39 is 50.4 Å². The van der Waals surface area contributed by atoms with Crippen LogP contribution in [0.4, 0.5) is 22.0 Å². The molecule has 0 aliphatic heterocycles. The van der Waals surface area contributed by atoms with E-state index in [1.165, 1.54) is 31.4 Å². The van der Waals surface area contributed by atoms with Crippen molar-refractivity contribution in [3.63, 3.8) is 0 Å². The number of rotatable bonds is 5. The van der Waals surface area contributed by atoms with E-state index in [-0.39, 0.29) is 5.56 Å². The van der Waals surface area contributed by atoms with E-state index in [1.807, 2.05) is 0 Å². The zero-order chi connectivity index (χ0) is 18.9. The minimum absolute atomic E-state index is 0.0393. The Morgan fingerprint density at radius 3 is 1.80 bits per heavy atom. The van der Waals surface area contributed by atoms with Crippen LogP contribution < -0.4 is 4.74 Å². The smallest absolute Gasteiger partial charge is 0.276 e. The standard InChI is InChI=1S/C15H9BrF5NO3/c1-25-7-4-2-6(3-5-7)8(15(16)22(23)24)9-10(17)12(19)14(21)13(20)11(9)18/h2-5,8,15H,1H3. The maximum atomic E-state index is 14.1. The maximum Gasteiger partial charge on any atom is 0.276 e. The maximum absolute atomic E-state index is 14.1. The van der Waals surface area contributed by atoms with E-state index in [0.29, 0.717) is 5.75 Å². The Balaban J connectivity index is 2.75. The second-order valence-corrected chi connectivity index (χ2v) is 5.83. The summed E-state index contributed by atoms with van der Waals surface area (Å²) in [5, 5.41) is 11.1. The molecule has 2 aromatic rings. The summed E-state index contributed by atoms with van der Waals surface area (Å²) in [6, 6.07) is 5.15. The molecule has 0 spiro atoms. The summed E-state index contributed by atoms with van der Waals surface area (Å²) >= 11 is 2.65. The highest BCUT2D eigenvalue weighted by molar-refractivity contribution is 9.09. The molecule has 10 heteroatoms. The quantitative estimate of drug-likeness (QED) is 0.134. The number of methoxy groups -OCH3 is 1. The molecule has 0 aromatic heterocycles. The summed E-state index contributed by atoms with van der Waals surface area (Å²) in [5.41, 5.74) is -1.33. The van der Waals surface area contributed by atoms with E-state index in [9.17, 15) is 32.1 Å². The average molecular weight is 426 g/mol. The van der Waals surface area contributed by atoms with Crippen molar-refractivity contribution < 1.29 is 31.6 Å². The SMILES string of the molecule is COc1ccc(C(c2c(F)c(F)c(F)c(F)c2F)C(Br)[N+](=O)[O-])cc1. The number of benzene rings is 2. The van der Waals surface area contributed by atoms with Gasteiger partial charge in [0.2, 0.25) is 5.82 Å². The molecule has 25 heavy (non-hydrogen) atoms. The lowest BCUT2D eigenvalue weighted by Gasteiger charge is -2.20.